The fraction of sp³-hybridized carbons (Fsp3) is 0.500. The number of aliphatic hydroxyl groups excluding tert-OH is 2. The minimum atomic E-state index is -0.601. The Morgan fingerprint density at radius 3 is 2.50 bits per heavy atom. The van der Waals surface area contributed by atoms with Crippen LogP contribution < -0.4 is 9.47 Å². The van der Waals surface area contributed by atoms with Crippen molar-refractivity contribution >= 4 is 0 Å². The first-order chi connectivity index (χ1) is 14.5. The maximum atomic E-state index is 10.4. The van der Waals surface area contributed by atoms with Crippen molar-refractivity contribution in [2.75, 3.05) is 40.4 Å². The quantitative estimate of drug-likeness (QED) is 0.623. The van der Waals surface area contributed by atoms with Gasteiger partial charge in [0, 0.05) is 32.7 Å². The molecular weight excluding hydrogens is 380 g/mol. The highest BCUT2D eigenvalue weighted by molar-refractivity contribution is 5.43. The number of likely N-dealkylation sites (N-methyl/N-ethyl adjacent to an activating group) is 1. The van der Waals surface area contributed by atoms with E-state index in [2.05, 4.69) is 21.9 Å². The van der Waals surface area contributed by atoms with Gasteiger partial charge in [0.2, 0.25) is 0 Å². The molecule has 1 heterocycles. The normalized spacial score (nSPS) is 16.6. The summed E-state index contributed by atoms with van der Waals surface area (Å²) in [5, 5.41) is 20.1. The SMILES string of the molecule is COc1ccc(CN2CCC(O)CC2)cc1OCC(O)CN(C)Cc1ccccc1. The van der Waals surface area contributed by atoms with Gasteiger partial charge in [0.05, 0.1) is 13.2 Å². The first-order valence-corrected chi connectivity index (χ1v) is 10.6. The number of ether oxygens (including phenoxy) is 2. The molecule has 1 aliphatic heterocycles. The van der Waals surface area contributed by atoms with Crippen LogP contribution in [-0.2, 0) is 13.1 Å². The number of aliphatic hydroxyl groups is 2. The van der Waals surface area contributed by atoms with Crippen LogP contribution in [0.3, 0.4) is 0 Å². The number of rotatable bonds is 10. The summed E-state index contributed by atoms with van der Waals surface area (Å²) in [6.07, 6.45) is 0.873. The number of benzene rings is 2. The molecule has 1 saturated heterocycles. The number of nitrogens with zero attached hydrogens (tertiary/aromatic N) is 2. The molecule has 1 fully saturated rings. The first kappa shape index (κ1) is 22.6. The van der Waals surface area contributed by atoms with Crippen LogP contribution in [0.15, 0.2) is 48.5 Å². The fourth-order valence-electron chi connectivity index (χ4n) is 3.83. The Labute approximate surface area is 179 Å². The van der Waals surface area contributed by atoms with E-state index in [-0.39, 0.29) is 12.7 Å². The van der Waals surface area contributed by atoms with Gasteiger partial charge in [0.1, 0.15) is 12.7 Å². The molecule has 2 N–H and O–H groups in total. The van der Waals surface area contributed by atoms with Gasteiger partial charge >= 0.3 is 0 Å². The molecule has 0 aromatic heterocycles. The van der Waals surface area contributed by atoms with E-state index in [1.165, 1.54) is 5.56 Å². The molecular formula is C24H34N2O4. The molecule has 1 aliphatic rings. The van der Waals surface area contributed by atoms with Gasteiger partial charge in [-0.2, -0.15) is 0 Å². The minimum Gasteiger partial charge on any atom is -0.493 e. The van der Waals surface area contributed by atoms with E-state index in [1.54, 1.807) is 7.11 Å². The topological polar surface area (TPSA) is 65.4 Å². The van der Waals surface area contributed by atoms with Crippen molar-refractivity contribution in [1.82, 2.24) is 9.80 Å². The van der Waals surface area contributed by atoms with E-state index in [4.69, 9.17) is 9.47 Å². The summed E-state index contributed by atoms with van der Waals surface area (Å²) in [4.78, 5) is 4.42. The number of hydrogen-bond acceptors (Lipinski definition) is 6. The highest BCUT2D eigenvalue weighted by Crippen LogP contribution is 2.29. The number of piperidine rings is 1. The highest BCUT2D eigenvalue weighted by Gasteiger charge is 2.18. The third-order valence-electron chi connectivity index (χ3n) is 5.44. The van der Waals surface area contributed by atoms with Gasteiger partial charge in [-0.3, -0.25) is 9.80 Å². The van der Waals surface area contributed by atoms with Crippen LogP contribution in [0, 0.1) is 0 Å². The number of likely N-dealkylation sites (tertiary alicyclic amines) is 1. The Morgan fingerprint density at radius 1 is 1.07 bits per heavy atom. The third-order valence-corrected chi connectivity index (χ3v) is 5.44. The third kappa shape index (κ3) is 6.99. The summed E-state index contributed by atoms with van der Waals surface area (Å²) < 4.78 is 11.4. The molecule has 164 valence electrons. The van der Waals surface area contributed by atoms with Crippen molar-refractivity contribution in [2.45, 2.75) is 38.1 Å². The van der Waals surface area contributed by atoms with Crippen LogP contribution in [0.1, 0.15) is 24.0 Å². The summed E-state index contributed by atoms with van der Waals surface area (Å²) in [7, 11) is 3.62. The van der Waals surface area contributed by atoms with Gasteiger partial charge in [0.15, 0.2) is 11.5 Å². The van der Waals surface area contributed by atoms with Crippen molar-refractivity contribution in [1.29, 1.82) is 0 Å². The van der Waals surface area contributed by atoms with Crippen LogP contribution in [0.5, 0.6) is 11.5 Å². The minimum absolute atomic E-state index is 0.169. The molecule has 0 bridgehead atoms. The van der Waals surface area contributed by atoms with E-state index in [1.807, 2.05) is 43.4 Å². The zero-order valence-electron chi connectivity index (χ0n) is 18.0. The Bertz CT molecular complexity index is 763. The average Bonchev–Trinajstić information content (AvgIpc) is 2.74. The van der Waals surface area contributed by atoms with Crippen LogP contribution >= 0.6 is 0 Å². The molecule has 2 aromatic carbocycles. The number of hydrogen-bond donors (Lipinski definition) is 2. The van der Waals surface area contributed by atoms with Gasteiger partial charge in [-0.25, -0.2) is 0 Å². The average molecular weight is 415 g/mol. The second-order valence-corrected chi connectivity index (χ2v) is 8.14. The zero-order chi connectivity index (χ0) is 21.3. The van der Waals surface area contributed by atoms with Gasteiger partial charge in [-0.15, -0.1) is 0 Å². The monoisotopic (exact) mass is 414 g/mol. The van der Waals surface area contributed by atoms with Crippen molar-refractivity contribution in [2.24, 2.45) is 0 Å². The van der Waals surface area contributed by atoms with Crippen molar-refractivity contribution in [3.63, 3.8) is 0 Å². The smallest absolute Gasteiger partial charge is 0.161 e. The number of methoxy groups -OCH3 is 1. The Morgan fingerprint density at radius 2 is 1.80 bits per heavy atom. The maximum absolute atomic E-state index is 10.4. The molecule has 0 amide bonds. The zero-order valence-corrected chi connectivity index (χ0v) is 18.0. The summed E-state index contributed by atoms with van der Waals surface area (Å²) in [5.41, 5.74) is 2.35. The van der Waals surface area contributed by atoms with Crippen LogP contribution in [0.25, 0.3) is 0 Å². The first-order valence-electron chi connectivity index (χ1n) is 10.6. The van der Waals surface area contributed by atoms with E-state index in [0.717, 1.165) is 44.6 Å². The van der Waals surface area contributed by atoms with Crippen molar-refractivity contribution in [3.05, 3.63) is 59.7 Å². The summed E-state index contributed by atoms with van der Waals surface area (Å²) in [5.74, 6) is 1.31. The predicted molar refractivity (Wildman–Crippen MR) is 118 cm³/mol. The Balaban J connectivity index is 1.51. The molecule has 30 heavy (non-hydrogen) atoms. The van der Waals surface area contributed by atoms with E-state index < -0.39 is 6.10 Å². The van der Waals surface area contributed by atoms with Gasteiger partial charge in [0.25, 0.3) is 0 Å². The standard InChI is InChI=1S/C24H34N2O4/c1-25(15-19-6-4-3-5-7-19)17-22(28)18-30-24-14-20(8-9-23(24)29-2)16-26-12-10-21(27)11-13-26/h3-9,14,21-22,27-28H,10-13,15-18H2,1-2H3. The highest BCUT2D eigenvalue weighted by atomic mass is 16.5. The van der Waals surface area contributed by atoms with Crippen LogP contribution in [0.2, 0.25) is 0 Å². The second kappa shape index (κ2) is 11.3. The van der Waals surface area contributed by atoms with Crippen molar-refractivity contribution < 1.29 is 19.7 Å². The lowest BCUT2D eigenvalue weighted by molar-refractivity contribution is 0.0729. The van der Waals surface area contributed by atoms with Gasteiger partial charge in [-0.05, 0) is 43.1 Å². The summed E-state index contributed by atoms with van der Waals surface area (Å²) >= 11 is 0. The fourth-order valence-corrected chi connectivity index (χ4v) is 3.83. The van der Waals surface area contributed by atoms with Gasteiger partial charge < -0.3 is 19.7 Å². The Kier molecular flexibility index (Phi) is 8.51. The van der Waals surface area contributed by atoms with Crippen LogP contribution in [-0.4, -0.2) is 72.6 Å². The van der Waals surface area contributed by atoms with Crippen molar-refractivity contribution in [3.8, 4) is 11.5 Å². The molecule has 0 aliphatic carbocycles. The molecule has 0 saturated carbocycles. The molecule has 0 radical (unpaired) electrons. The van der Waals surface area contributed by atoms with Crippen LogP contribution in [0.4, 0.5) is 0 Å². The second-order valence-electron chi connectivity index (χ2n) is 8.14. The molecule has 6 heteroatoms. The summed E-state index contributed by atoms with van der Waals surface area (Å²) in [6, 6.07) is 16.2. The molecule has 3 rings (SSSR count). The summed E-state index contributed by atoms with van der Waals surface area (Å²) in [6.45, 7) is 4.12. The lowest BCUT2D eigenvalue weighted by Crippen LogP contribution is -2.35. The molecule has 1 unspecified atom stereocenters. The lowest BCUT2D eigenvalue weighted by atomic mass is 10.1. The molecule has 2 aromatic rings. The molecule has 1 atom stereocenters. The maximum Gasteiger partial charge on any atom is 0.161 e. The Hall–Kier alpha value is -2.12. The van der Waals surface area contributed by atoms with E-state index in [9.17, 15) is 10.2 Å². The molecule has 0 spiro atoms. The molecule has 6 nitrogen and oxygen atoms in total. The lowest BCUT2D eigenvalue weighted by Gasteiger charge is -2.29. The largest absolute Gasteiger partial charge is 0.493 e. The predicted octanol–water partition coefficient (Wildman–Crippen LogP) is 2.52. The van der Waals surface area contributed by atoms with E-state index in [0.29, 0.717) is 18.0 Å². The van der Waals surface area contributed by atoms with Gasteiger partial charge in [-0.1, -0.05) is 36.4 Å². The van der Waals surface area contributed by atoms with E-state index >= 15 is 0 Å².